The van der Waals surface area contributed by atoms with E-state index in [1.807, 2.05) is 30.1 Å². The van der Waals surface area contributed by atoms with Crippen molar-refractivity contribution in [1.29, 1.82) is 0 Å². The highest BCUT2D eigenvalue weighted by Gasteiger charge is 2.19. The Hall–Kier alpha value is -2.21. The number of carbonyl (C=O) groups is 1. The molecule has 1 aliphatic heterocycles. The summed E-state index contributed by atoms with van der Waals surface area (Å²) >= 11 is 0. The summed E-state index contributed by atoms with van der Waals surface area (Å²) < 4.78 is 1.84. The van der Waals surface area contributed by atoms with Crippen LogP contribution in [0.2, 0.25) is 0 Å². The molecule has 0 bridgehead atoms. The van der Waals surface area contributed by atoms with Crippen molar-refractivity contribution in [2.24, 2.45) is 7.05 Å². The van der Waals surface area contributed by atoms with Crippen molar-refractivity contribution in [3.05, 3.63) is 36.3 Å². The summed E-state index contributed by atoms with van der Waals surface area (Å²) in [4.78, 5) is 15.2. The maximum absolute atomic E-state index is 11.2. The molecule has 1 aliphatic rings. The summed E-state index contributed by atoms with van der Waals surface area (Å²) in [6, 6.07) is 4.27. The van der Waals surface area contributed by atoms with Gasteiger partial charge < -0.3 is 10.6 Å². The Kier molecular flexibility index (Phi) is 4.48. The van der Waals surface area contributed by atoms with Crippen LogP contribution >= 0.6 is 0 Å². The van der Waals surface area contributed by atoms with Gasteiger partial charge >= 0.3 is 0 Å². The summed E-state index contributed by atoms with van der Waals surface area (Å²) in [6.45, 7) is 1.65. The number of hydrogen-bond donors (Lipinski definition) is 2. The molecule has 0 radical (unpaired) electrons. The van der Waals surface area contributed by atoms with Crippen molar-refractivity contribution in [3.63, 3.8) is 0 Å². The number of nitrogens with one attached hydrogen (secondary N) is 2. The average molecular weight is 299 g/mol. The molecule has 3 rings (SSSR count). The Labute approximate surface area is 129 Å². The minimum absolute atomic E-state index is 0.178. The molecule has 1 atom stereocenters. The summed E-state index contributed by atoms with van der Waals surface area (Å²) in [5, 5.41) is 11.0. The fraction of sp³-hybridized carbons (Fsp3) is 0.438. The zero-order valence-corrected chi connectivity index (χ0v) is 12.7. The van der Waals surface area contributed by atoms with Crippen molar-refractivity contribution in [2.45, 2.75) is 31.8 Å². The summed E-state index contributed by atoms with van der Waals surface area (Å²) in [5.74, 6) is 0.178. The minimum Gasteiger partial charge on any atom is -0.353 e. The largest absolute Gasteiger partial charge is 0.353 e. The van der Waals surface area contributed by atoms with E-state index in [2.05, 4.69) is 20.7 Å². The third-order valence-electron chi connectivity index (χ3n) is 3.93. The molecule has 3 heterocycles. The zero-order valence-electron chi connectivity index (χ0n) is 12.7. The van der Waals surface area contributed by atoms with E-state index < -0.39 is 0 Å². The van der Waals surface area contributed by atoms with Gasteiger partial charge in [-0.25, -0.2) is 0 Å². The van der Waals surface area contributed by atoms with Gasteiger partial charge in [-0.15, -0.1) is 0 Å². The van der Waals surface area contributed by atoms with Crippen molar-refractivity contribution in [1.82, 2.24) is 25.4 Å². The van der Waals surface area contributed by atoms with Gasteiger partial charge in [-0.2, -0.15) is 5.10 Å². The Morgan fingerprint density at radius 1 is 1.41 bits per heavy atom. The van der Waals surface area contributed by atoms with E-state index in [1.165, 1.54) is 5.56 Å². The maximum Gasteiger partial charge on any atom is 0.220 e. The molecule has 1 amide bonds. The van der Waals surface area contributed by atoms with Crippen LogP contribution in [-0.4, -0.2) is 33.3 Å². The Balaban J connectivity index is 1.55. The lowest BCUT2D eigenvalue weighted by Gasteiger charge is -2.10. The summed E-state index contributed by atoms with van der Waals surface area (Å²) in [6.07, 6.45) is 8.19. The second-order valence-electron chi connectivity index (χ2n) is 5.68. The van der Waals surface area contributed by atoms with Gasteiger partial charge in [-0.1, -0.05) is 0 Å². The molecule has 0 saturated carbocycles. The number of aryl methyl sites for hydroxylation is 1. The lowest BCUT2D eigenvalue weighted by molar-refractivity contribution is -0.119. The molecule has 0 aliphatic carbocycles. The molecule has 2 aromatic rings. The Morgan fingerprint density at radius 3 is 2.95 bits per heavy atom. The zero-order chi connectivity index (χ0) is 15.4. The summed E-state index contributed by atoms with van der Waals surface area (Å²) in [5.41, 5.74) is 3.24. The van der Waals surface area contributed by atoms with Gasteiger partial charge in [0.05, 0.1) is 5.69 Å². The van der Waals surface area contributed by atoms with Gasteiger partial charge in [-0.3, -0.25) is 14.5 Å². The SMILES string of the molecule is Cn1cc(CNCCC2CCC(=O)N2)c(-c2ccncc2)n1. The van der Waals surface area contributed by atoms with Crippen LogP contribution in [0.15, 0.2) is 30.7 Å². The standard InChI is InChI=1S/C16H21N5O/c1-21-11-13(16(20-21)12-4-7-17-8-5-12)10-18-9-6-14-2-3-15(22)19-14/h4-5,7-8,11,14,18H,2-3,6,9-10H2,1H3,(H,19,22). The highest BCUT2D eigenvalue weighted by atomic mass is 16.1. The van der Waals surface area contributed by atoms with Crippen molar-refractivity contribution < 1.29 is 4.79 Å². The fourth-order valence-electron chi connectivity index (χ4n) is 2.81. The molecule has 6 heteroatoms. The van der Waals surface area contributed by atoms with E-state index in [0.29, 0.717) is 12.5 Å². The van der Waals surface area contributed by atoms with Gasteiger partial charge in [0.25, 0.3) is 0 Å². The smallest absolute Gasteiger partial charge is 0.220 e. The quantitative estimate of drug-likeness (QED) is 0.787. The number of carbonyl (C=O) groups excluding carboxylic acids is 1. The number of hydrogen-bond acceptors (Lipinski definition) is 4. The molecule has 1 saturated heterocycles. The van der Waals surface area contributed by atoms with Crippen LogP contribution in [0, 0.1) is 0 Å². The molecule has 1 unspecified atom stereocenters. The highest BCUT2D eigenvalue weighted by molar-refractivity contribution is 5.78. The first-order valence-corrected chi connectivity index (χ1v) is 7.65. The van der Waals surface area contributed by atoms with Crippen LogP contribution in [0.25, 0.3) is 11.3 Å². The summed E-state index contributed by atoms with van der Waals surface area (Å²) in [7, 11) is 1.93. The molecule has 0 aromatic carbocycles. The topological polar surface area (TPSA) is 71.8 Å². The van der Waals surface area contributed by atoms with E-state index in [4.69, 9.17) is 0 Å². The van der Waals surface area contributed by atoms with Crippen LogP contribution in [0.5, 0.6) is 0 Å². The number of rotatable bonds is 6. The number of pyridine rings is 1. The van der Waals surface area contributed by atoms with Crippen LogP contribution < -0.4 is 10.6 Å². The first-order valence-electron chi connectivity index (χ1n) is 7.65. The van der Waals surface area contributed by atoms with Gasteiger partial charge in [-0.05, 0) is 31.5 Å². The normalized spacial score (nSPS) is 17.7. The molecule has 2 aromatic heterocycles. The maximum atomic E-state index is 11.2. The number of amides is 1. The molecule has 0 spiro atoms. The van der Waals surface area contributed by atoms with E-state index in [-0.39, 0.29) is 5.91 Å². The van der Waals surface area contributed by atoms with Gasteiger partial charge in [0.2, 0.25) is 5.91 Å². The van der Waals surface area contributed by atoms with Crippen molar-refractivity contribution in [2.75, 3.05) is 6.54 Å². The molecule has 6 nitrogen and oxygen atoms in total. The second kappa shape index (κ2) is 6.70. The van der Waals surface area contributed by atoms with Crippen molar-refractivity contribution >= 4 is 5.91 Å². The predicted molar refractivity (Wildman–Crippen MR) is 83.9 cm³/mol. The van der Waals surface area contributed by atoms with E-state index in [0.717, 1.165) is 37.2 Å². The van der Waals surface area contributed by atoms with E-state index in [9.17, 15) is 4.79 Å². The predicted octanol–water partition coefficient (Wildman–Crippen LogP) is 1.24. The fourth-order valence-corrected chi connectivity index (χ4v) is 2.81. The van der Waals surface area contributed by atoms with Crippen LogP contribution in [0.1, 0.15) is 24.8 Å². The Morgan fingerprint density at radius 2 is 2.23 bits per heavy atom. The second-order valence-corrected chi connectivity index (χ2v) is 5.68. The number of nitrogens with zero attached hydrogens (tertiary/aromatic N) is 3. The highest BCUT2D eigenvalue weighted by Crippen LogP contribution is 2.20. The van der Waals surface area contributed by atoms with Crippen LogP contribution in [-0.2, 0) is 18.4 Å². The monoisotopic (exact) mass is 299 g/mol. The lowest BCUT2D eigenvalue weighted by Crippen LogP contribution is -2.29. The minimum atomic E-state index is 0.178. The molecular weight excluding hydrogens is 278 g/mol. The van der Waals surface area contributed by atoms with E-state index >= 15 is 0 Å². The van der Waals surface area contributed by atoms with Crippen LogP contribution in [0.3, 0.4) is 0 Å². The number of aromatic nitrogens is 3. The van der Waals surface area contributed by atoms with Crippen molar-refractivity contribution in [3.8, 4) is 11.3 Å². The third kappa shape index (κ3) is 3.51. The van der Waals surface area contributed by atoms with Gasteiger partial charge in [0.1, 0.15) is 0 Å². The molecule has 22 heavy (non-hydrogen) atoms. The lowest BCUT2D eigenvalue weighted by atomic mass is 10.1. The molecular formula is C16H21N5O. The average Bonchev–Trinajstić information content (AvgIpc) is 3.10. The first kappa shape index (κ1) is 14.7. The molecule has 1 fully saturated rings. The third-order valence-corrected chi connectivity index (χ3v) is 3.93. The van der Waals surface area contributed by atoms with Gasteiger partial charge in [0, 0.05) is 55.8 Å². The first-order chi connectivity index (χ1) is 10.7. The Bertz CT molecular complexity index is 637. The molecule has 116 valence electrons. The van der Waals surface area contributed by atoms with Gasteiger partial charge in [0.15, 0.2) is 0 Å². The molecule has 2 N–H and O–H groups in total. The van der Waals surface area contributed by atoms with Crippen LogP contribution in [0.4, 0.5) is 0 Å². The van der Waals surface area contributed by atoms with E-state index in [1.54, 1.807) is 12.4 Å².